The molecule has 0 aromatic heterocycles. The summed E-state index contributed by atoms with van der Waals surface area (Å²) >= 11 is 0. The highest BCUT2D eigenvalue weighted by Gasteiger charge is 2.10. The molecule has 28 heavy (non-hydrogen) atoms. The topological polar surface area (TPSA) is 54.9 Å². The summed E-state index contributed by atoms with van der Waals surface area (Å²) in [5.74, 6) is 1.83. The molecule has 1 atom stereocenters. The SMILES string of the molecule is CCNC(=NCc1ccc(OC)c(OC)c1)NC(C)c1ccc(C)c(F)c1.I. The first-order chi connectivity index (χ1) is 13.0. The Morgan fingerprint density at radius 3 is 2.43 bits per heavy atom. The van der Waals surface area contributed by atoms with Gasteiger partial charge in [-0.3, -0.25) is 0 Å². The van der Waals surface area contributed by atoms with Crippen molar-refractivity contribution in [1.29, 1.82) is 0 Å². The van der Waals surface area contributed by atoms with Crippen LogP contribution >= 0.6 is 24.0 Å². The van der Waals surface area contributed by atoms with Crippen LogP contribution in [-0.4, -0.2) is 26.7 Å². The number of nitrogens with zero attached hydrogens (tertiary/aromatic N) is 1. The van der Waals surface area contributed by atoms with E-state index < -0.39 is 0 Å². The minimum Gasteiger partial charge on any atom is -0.493 e. The molecule has 0 fully saturated rings. The highest BCUT2D eigenvalue weighted by molar-refractivity contribution is 14.0. The molecule has 154 valence electrons. The summed E-state index contributed by atoms with van der Waals surface area (Å²) in [7, 11) is 3.22. The molecule has 7 heteroatoms. The highest BCUT2D eigenvalue weighted by Crippen LogP contribution is 2.27. The van der Waals surface area contributed by atoms with E-state index >= 15 is 0 Å². The van der Waals surface area contributed by atoms with E-state index in [1.165, 1.54) is 0 Å². The van der Waals surface area contributed by atoms with Gasteiger partial charge in [-0.25, -0.2) is 9.38 Å². The van der Waals surface area contributed by atoms with Crippen LogP contribution in [0.1, 0.15) is 36.6 Å². The largest absolute Gasteiger partial charge is 0.493 e. The number of benzene rings is 2. The van der Waals surface area contributed by atoms with Gasteiger partial charge in [0.2, 0.25) is 0 Å². The van der Waals surface area contributed by atoms with Crippen molar-refractivity contribution in [1.82, 2.24) is 10.6 Å². The van der Waals surface area contributed by atoms with Crippen LogP contribution in [0.15, 0.2) is 41.4 Å². The zero-order valence-electron chi connectivity index (χ0n) is 17.0. The van der Waals surface area contributed by atoms with Crippen molar-refractivity contribution in [3.63, 3.8) is 0 Å². The predicted molar refractivity (Wildman–Crippen MR) is 122 cm³/mol. The van der Waals surface area contributed by atoms with Crippen molar-refractivity contribution < 1.29 is 13.9 Å². The molecule has 0 aliphatic rings. The number of rotatable bonds is 7. The molecule has 2 rings (SSSR count). The van der Waals surface area contributed by atoms with Crippen molar-refractivity contribution in [2.75, 3.05) is 20.8 Å². The number of aliphatic imine (C=N–C) groups is 1. The molecule has 0 amide bonds. The van der Waals surface area contributed by atoms with Gasteiger partial charge in [0.15, 0.2) is 17.5 Å². The van der Waals surface area contributed by atoms with Crippen LogP contribution in [0.3, 0.4) is 0 Å². The van der Waals surface area contributed by atoms with Crippen molar-refractivity contribution in [3.8, 4) is 11.5 Å². The quantitative estimate of drug-likeness (QED) is 0.331. The molecule has 0 saturated heterocycles. The molecular weight excluding hydrogens is 472 g/mol. The lowest BCUT2D eigenvalue weighted by molar-refractivity contribution is 0.354. The molecule has 0 heterocycles. The summed E-state index contributed by atoms with van der Waals surface area (Å²) in [6, 6.07) is 10.9. The smallest absolute Gasteiger partial charge is 0.192 e. The lowest BCUT2D eigenvalue weighted by Gasteiger charge is -2.18. The van der Waals surface area contributed by atoms with Crippen LogP contribution in [0.25, 0.3) is 0 Å². The molecule has 0 saturated carbocycles. The maximum absolute atomic E-state index is 13.8. The van der Waals surface area contributed by atoms with Crippen LogP contribution in [0.5, 0.6) is 11.5 Å². The van der Waals surface area contributed by atoms with E-state index in [4.69, 9.17) is 9.47 Å². The van der Waals surface area contributed by atoms with Gasteiger partial charge in [0.05, 0.1) is 26.8 Å². The average molecular weight is 501 g/mol. The summed E-state index contributed by atoms with van der Waals surface area (Å²) in [5.41, 5.74) is 2.51. The van der Waals surface area contributed by atoms with Gasteiger partial charge in [0.1, 0.15) is 5.82 Å². The van der Waals surface area contributed by atoms with Crippen molar-refractivity contribution in [3.05, 3.63) is 58.9 Å². The fourth-order valence-electron chi connectivity index (χ4n) is 2.64. The van der Waals surface area contributed by atoms with E-state index in [1.54, 1.807) is 33.3 Å². The predicted octanol–water partition coefficient (Wildman–Crippen LogP) is 4.59. The zero-order valence-corrected chi connectivity index (χ0v) is 19.3. The zero-order chi connectivity index (χ0) is 19.8. The Morgan fingerprint density at radius 2 is 1.82 bits per heavy atom. The number of hydrogen-bond donors (Lipinski definition) is 2. The van der Waals surface area contributed by atoms with E-state index in [1.807, 2.05) is 38.1 Å². The van der Waals surface area contributed by atoms with Gasteiger partial charge in [-0.05, 0) is 55.7 Å². The summed E-state index contributed by atoms with van der Waals surface area (Å²) in [5, 5.41) is 6.54. The molecule has 0 radical (unpaired) electrons. The van der Waals surface area contributed by atoms with Crippen molar-refractivity contribution in [2.45, 2.75) is 33.4 Å². The number of nitrogens with one attached hydrogen (secondary N) is 2. The lowest BCUT2D eigenvalue weighted by Crippen LogP contribution is -2.38. The Bertz CT molecular complexity index is 799. The van der Waals surface area contributed by atoms with Gasteiger partial charge in [0.25, 0.3) is 0 Å². The molecule has 0 aliphatic heterocycles. The standard InChI is InChI=1S/C21H28FN3O2.HI/c1-6-23-21(25-15(3)17-9-7-14(2)18(22)12-17)24-13-16-8-10-19(26-4)20(11-16)27-5;/h7-12,15H,6,13H2,1-5H3,(H2,23,24,25);1H. The summed E-state index contributed by atoms with van der Waals surface area (Å²) in [6.45, 7) is 6.94. The van der Waals surface area contributed by atoms with Crippen LogP contribution in [0.2, 0.25) is 0 Å². The van der Waals surface area contributed by atoms with Crippen molar-refractivity contribution >= 4 is 29.9 Å². The van der Waals surface area contributed by atoms with E-state index in [9.17, 15) is 4.39 Å². The minimum atomic E-state index is -0.201. The number of ether oxygens (including phenoxy) is 2. The molecule has 2 N–H and O–H groups in total. The monoisotopic (exact) mass is 501 g/mol. The maximum Gasteiger partial charge on any atom is 0.192 e. The van der Waals surface area contributed by atoms with E-state index in [0.29, 0.717) is 29.6 Å². The Balaban J connectivity index is 0.00000392. The lowest BCUT2D eigenvalue weighted by atomic mass is 10.1. The number of aryl methyl sites for hydroxylation is 1. The van der Waals surface area contributed by atoms with Crippen molar-refractivity contribution in [2.24, 2.45) is 4.99 Å². The third-order valence-corrected chi connectivity index (χ3v) is 4.26. The average Bonchev–Trinajstić information content (AvgIpc) is 2.68. The third-order valence-electron chi connectivity index (χ3n) is 4.26. The number of hydrogen-bond acceptors (Lipinski definition) is 3. The van der Waals surface area contributed by atoms with Gasteiger partial charge in [-0.2, -0.15) is 0 Å². The second-order valence-corrected chi connectivity index (χ2v) is 6.26. The van der Waals surface area contributed by atoms with E-state index in [-0.39, 0.29) is 35.8 Å². The minimum absolute atomic E-state index is 0. The van der Waals surface area contributed by atoms with Crippen LogP contribution in [0, 0.1) is 12.7 Å². The van der Waals surface area contributed by atoms with Crippen LogP contribution < -0.4 is 20.1 Å². The first-order valence-electron chi connectivity index (χ1n) is 9.00. The summed E-state index contributed by atoms with van der Waals surface area (Å²) in [4.78, 5) is 4.62. The van der Waals surface area contributed by atoms with Gasteiger partial charge in [0, 0.05) is 6.54 Å². The number of methoxy groups -OCH3 is 2. The molecule has 5 nitrogen and oxygen atoms in total. The van der Waals surface area contributed by atoms with E-state index in [2.05, 4.69) is 15.6 Å². The van der Waals surface area contributed by atoms with Gasteiger partial charge >= 0.3 is 0 Å². The Labute approximate surface area is 183 Å². The Morgan fingerprint density at radius 1 is 1.11 bits per heavy atom. The number of guanidine groups is 1. The normalized spacial score (nSPS) is 12.0. The third kappa shape index (κ3) is 6.54. The second kappa shape index (κ2) is 11.7. The van der Waals surface area contributed by atoms with Crippen LogP contribution in [0.4, 0.5) is 4.39 Å². The molecule has 1 unspecified atom stereocenters. The Hall–Kier alpha value is -2.03. The molecule has 0 aliphatic carbocycles. The highest BCUT2D eigenvalue weighted by atomic mass is 127. The van der Waals surface area contributed by atoms with Gasteiger partial charge in [-0.1, -0.05) is 18.2 Å². The fraction of sp³-hybridized carbons (Fsp3) is 0.381. The fourth-order valence-corrected chi connectivity index (χ4v) is 2.64. The first-order valence-corrected chi connectivity index (χ1v) is 9.00. The maximum atomic E-state index is 13.8. The van der Waals surface area contributed by atoms with Gasteiger partial charge < -0.3 is 20.1 Å². The van der Waals surface area contributed by atoms with E-state index in [0.717, 1.165) is 17.7 Å². The molecule has 0 bridgehead atoms. The Kier molecular flexibility index (Phi) is 10.1. The van der Waals surface area contributed by atoms with Gasteiger partial charge in [-0.15, -0.1) is 24.0 Å². The summed E-state index contributed by atoms with van der Waals surface area (Å²) in [6.07, 6.45) is 0. The van der Waals surface area contributed by atoms with Crippen LogP contribution in [-0.2, 0) is 6.54 Å². The molecular formula is C21H29FIN3O2. The number of halogens is 2. The summed E-state index contributed by atoms with van der Waals surface area (Å²) < 4.78 is 24.4. The first kappa shape index (κ1) is 24.0. The molecule has 0 spiro atoms. The second-order valence-electron chi connectivity index (χ2n) is 6.26. The molecule has 2 aromatic carbocycles. The molecule has 2 aromatic rings.